The van der Waals surface area contributed by atoms with Gasteiger partial charge in [0.05, 0.1) is 12.6 Å². The molecule has 0 saturated carbocycles. The van der Waals surface area contributed by atoms with E-state index in [0.29, 0.717) is 12.5 Å². The van der Waals surface area contributed by atoms with Gasteiger partial charge in [-0.05, 0) is 19.3 Å². The summed E-state index contributed by atoms with van der Waals surface area (Å²) in [5.74, 6) is 0.604. The molecule has 0 rings (SSSR count). The summed E-state index contributed by atoms with van der Waals surface area (Å²) >= 11 is 0. The Hall–Kier alpha value is -0.610. The Morgan fingerprint density at radius 2 is 2.00 bits per heavy atom. The van der Waals surface area contributed by atoms with Crippen molar-refractivity contribution < 1.29 is 9.90 Å². The van der Waals surface area contributed by atoms with Gasteiger partial charge in [0, 0.05) is 13.1 Å². The number of carbonyl (C=O) groups excluding carboxylic acids is 1. The maximum atomic E-state index is 11.2. The van der Waals surface area contributed by atoms with E-state index in [0.717, 1.165) is 13.0 Å². The van der Waals surface area contributed by atoms with Crippen LogP contribution < -0.4 is 10.6 Å². The predicted molar refractivity (Wildman–Crippen MR) is 57.0 cm³/mol. The summed E-state index contributed by atoms with van der Waals surface area (Å²) < 4.78 is 0. The summed E-state index contributed by atoms with van der Waals surface area (Å²) in [5, 5.41) is 14.6. The number of rotatable bonds is 7. The van der Waals surface area contributed by atoms with Crippen LogP contribution in [0.1, 0.15) is 27.2 Å². The average molecular weight is 202 g/mol. The summed E-state index contributed by atoms with van der Waals surface area (Å²) in [6.07, 6.45) is 0.598. The van der Waals surface area contributed by atoms with Crippen molar-refractivity contribution in [1.29, 1.82) is 0 Å². The van der Waals surface area contributed by atoms with E-state index in [4.69, 9.17) is 5.11 Å². The molecule has 4 heteroatoms. The quantitative estimate of drug-likeness (QED) is 0.549. The van der Waals surface area contributed by atoms with E-state index in [-0.39, 0.29) is 12.5 Å². The largest absolute Gasteiger partial charge is 0.392 e. The van der Waals surface area contributed by atoms with Crippen LogP contribution in [-0.2, 0) is 4.79 Å². The monoisotopic (exact) mass is 202 g/mol. The van der Waals surface area contributed by atoms with Gasteiger partial charge in [-0.2, -0.15) is 0 Å². The van der Waals surface area contributed by atoms with Gasteiger partial charge >= 0.3 is 0 Å². The number of carbonyl (C=O) groups is 1. The van der Waals surface area contributed by atoms with Gasteiger partial charge < -0.3 is 15.7 Å². The van der Waals surface area contributed by atoms with Crippen molar-refractivity contribution in [2.24, 2.45) is 5.92 Å². The molecule has 0 aliphatic carbocycles. The van der Waals surface area contributed by atoms with E-state index in [1.54, 1.807) is 6.92 Å². The molecule has 1 atom stereocenters. The van der Waals surface area contributed by atoms with Crippen molar-refractivity contribution in [2.75, 3.05) is 19.6 Å². The van der Waals surface area contributed by atoms with Crippen molar-refractivity contribution in [3.63, 3.8) is 0 Å². The summed E-state index contributed by atoms with van der Waals surface area (Å²) in [6, 6.07) is 0. The molecule has 0 aromatic rings. The van der Waals surface area contributed by atoms with Crippen LogP contribution in [0.15, 0.2) is 0 Å². The number of amides is 1. The van der Waals surface area contributed by atoms with Crippen LogP contribution in [0.2, 0.25) is 0 Å². The molecule has 0 radical (unpaired) electrons. The molecule has 4 nitrogen and oxygen atoms in total. The molecule has 0 aromatic carbocycles. The molecule has 84 valence electrons. The van der Waals surface area contributed by atoms with Gasteiger partial charge in [-0.25, -0.2) is 0 Å². The second kappa shape index (κ2) is 7.76. The fourth-order valence-electron chi connectivity index (χ4n) is 0.957. The third kappa shape index (κ3) is 9.48. The maximum absolute atomic E-state index is 11.2. The van der Waals surface area contributed by atoms with Crippen LogP contribution in [0, 0.1) is 5.92 Å². The van der Waals surface area contributed by atoms with Gasteiger partial charge in [-0.15, -0.1) is 0 Å². The number of hydrogen-bond acceptors (Lipinski definition) is 3. The smallest absolute Gasteiger partial charge is 0.233 e. The van der Waals surface area contributed by atoms with Gasteiger partial charge in [0.2, 0.25) is 5.91 Å². The number of nitrogens with one attached hydrogen (secondary N) is 2. The first-order chi connectivity index (χ1) is 6.52. The molecule has 3 N–H and O–H groups in total. The molecule has 0 fully saturated rings. The fraction of sp³-hybridized carbons (Fsp3) is 0.900. The zero-order valence-electron chi connectivity index (χ0n) is 9.34. The Morgan fingerprint density at radius 1 is 1.36 bits per heavy atom. The number of hydrogen-bond donors (Lipinski definition) is 3. The zero-order chi connectivity index (χ0) is 11.0. The SMILES string of the molecule is CC(C)CCNC(=O)CNCC(C)O. The van der Waals surface area contributed by atoms with E-state index < -0.39 is 6.10 Å². The minimum Gasteiger partial charge on any atom is -0.392 e. The summed E-state index contributed by atoms with van der Waals surface area (Å²) in [5.41, 5.74) is 0. The molecule has 0 spiro atoms. The lowest BCUT2D eigenvalue weighted by Crippen LogP contribution is -2.37. The normalized spacial score (nSPS) is 12.9. The Balaban J connectivity index is 3.28. The van der Waals surface area contributed by atoms with Crippen LogP contribution in [-0.4, -0.2) is 36.8 Å². The lowest BCUT2D eigenvalue weighted by atomic mass is 10.1. The van der Waals surface area contributed by atoms with E-state index in [9.17, 15) is 4.79 Å². The Kier molecular flexibility index (Phi) is 7.42. The highest BCUT2D eigenvalue weighted by atomic mass is 16.3. The summed E-state index contributed by atoms with van der Waals surface area (Å²) in [7, 11) is 0. The standard InChI is InChI=1S/C10H22N2O2/c1-8(2)4-5-12-10(14)7-11-6-9(3)13/h8-9,11,13H,4-7H2,1-3H3,(H,12,14). The maximum Gasteiger partial charge on any atom is 0.233 e. The van der Waals surface area contributed by atoms with Crippen molar-refractivity contribution >= 4 is 5.91 Å². The van der Waals surface area contributed by atoms with Crippen molar-refractivity contribution in [1.82, 2.24) is 10.6 Å². The Labute approximate surface area is 86.1 Å². The molecule has 0 aliphatic rings. The van der Waals surface area contributed by atoms with Crippen LogP contribution in [0.4, 0.5) is 0 Å². The molecule has 14 heavy (non-hydrogen) atoms. The molecule has 0 aromatic heterocycles. The first-order valence-electron chi connectivity index (χ1n) is 5.18. The lowest BCUT2D eigenvalue weighted by Gasteiger charge is -2.08. The van der Waals surface area contributed by atoms with Gasteiger partial charge in [0.15, 0.2) is 0 Å². The second-order valence-electron chi connectivity index (χ2n) is 4.01. The van der Waals surface area contributed by atoms with E-state index in [2.05, 4.69) is 24.5 Å². The first kappa shape index (κ1) is 13.4. The Bertz CT molecular complexity index is 142. The molecule has 1 amide bonds. The third-order valence-electron chi connectivity index (χ3n) is 1.77. The summed E-state index contributed by atoms with van der Waals surface area (Å²) in [6.45, 7) is 7.40. The zero-order valence-corrected chi connectivity index (χ0v) is 9.34. The minimum absolute atomic E-state index is 0.00806. The predicted octanol–water partition coefficient (Wildman–Crippen LogP) is 0.119. The molecular formula is C10H22N2O2. The van der Waals surface area contributed by atoms with Crippen molar-refractivity contribution in [3.8, 4) is 0 Å². The topological polar surface area (TPSA) is 61.4 Å². The van der Waals surface area contributed by atoms with Crippen LogP contribution in [0.25, 0.3) is 0 Å². The fourth-order valence-corrected chi connectivity index (χ4v) is 0.957. The van der Waals surface area contributed by atoms with Crippen LogP contribution in [0.5, 0.6) is 0 Å². The highest BCUT2D eigenvalue weighted by Crippen LogP contribution is 1.95. The first-order valence-corrected chi connectivity index (χ1v) is 5.18. The van der Waals surface area contributed by atoms with Crippen molar-refractivity contribution in [2.45, 2.75) is 33.3 Å². The van der Waals surface area contributed by atoms with Crippen molar-refractivity contribution in [3.05, 3.63) is 0 Å². The van der Waals surface area contributed by atoms with Gasteiger partial charge in [0.25, 0.3) is 0 Å². The molecule has 0 bridgehead atoms. The molecule has 0 heterocycles. The highest BCUT2D eigenvalue weighted by molar-refractivity contribution is 5.77. The van der Waals surface area contributed by atoms with Gasteiger partial charge in [-0.3, -0.25) is 4.79 Å². The second-order valence-corrected chi connectivity index (χ2v) is 4.01. The average Bonchev–Trinajstić information content (AvgIpc) is 2.02. The summed E-state index contributed by atoms with van der Waals surface area (Å²) in [4.78, 5) is 11.2. The molecular weight excluding hydrogens is 180 g/mol. The molecule has 0 aliphatic heterocycles. The molecule has 0 saturated heterocycles. The van der Waals surface area contributed by atoms with Crippen LogP contribution >= 0.6 is 0 Å². The van der Waals surface area contributed by atoms with E-state index in [1.165, 1.54) is 0 Å². The molecule has 1 unspecified atom stereocenters. The Morgan fingerprint density at radius 3 is 2.50 bits per heavy atom. The van der Waals surface area contributed by atoms with Crippen LogP contribution in [0.3, 0.4) is 0 Å². The number of aliphatic hydroxyl groups excluding tert-OH is 1. The number of aliphatic hydroxyl groups is 1. The van der Waals surface area contributed by atoms with Gasteiger partial charge in [-0.1, -0.05) is 13.8 Å². The van der Waals surface area contributed by atoms with Gasteiger partial charge in [0.1, 0.15) is 0 Å². The lowest BCUT2D eigenvalue weighted by molar-refractivity contribution is -0.120. The van der Waals surface area contributed by atoms with E-state index in [1.807, 2.05) is 0 Å². The van der Waals surface area contributed by atoms with E-state index >= 15 is 0 Å². The minimum atomic E-state index is -0.404. The third-order valence-corrected chi connectivity index (χ3v) is 1.77. The highest BCUT2D eigenvalue weighted by Gasteiger charge is 2.01.